The van der Waals surface area contributed by atoms with Crippen molar-refractivity contribution in [3.05, 3.63) is 46.5 Å². The van der Waals surface area contributed by atoms with E-state index in [2.05, 4.69) is 52.0 Å². The highest BCUT2D eigenvalue weighted by Gasteiger charge is 2.58. The molecule has 1 spiro atoms. The van der Waals surface area contributed by atoms with Gasteiger partial charge >= 0.3 is 0 Å². The second kappa shape index (κ2) is 7.93. The molecule has 36 heavy (non-hydrogen) atoms. The molecule has 0 bridgehead atoms. The predicted octanol–water partition coefficient (Wildman–Crippen LogP) is 7.28. The minimum absolute atomic E-state index is 0.0461. The summed E-state index contributed by atoms with van der Waals surface area (Å²) in [5, 5.41) is 11.2. The summed E-state index contributed by atoms with van der Waals surface area (Å²) in [5.41, 5.74) is 7.10. The zero-order valence-corrected chi connectivity index (χ0v) is 22.9. The van der Waals surface area contributed by atoms with Crippen molar-refractivity contribution in [3.8, 4) is 0 Å². The van der Waals surface area contributed by atoms with Gasteiger partial charge in [-0.2, -0.15) is 0 Å². The Labute approximate surface area is 218 Å². The Balaban J connectivity index is 1.25. The number of aliphatic hydroxyl groups is 1. The van der Waals surface area contributed by atoms with Crippen LogP contribution in [0.15, 0.2) is 35.4 Å². The number of allylic oxidation sites excluding steroid dienone is 2. The predicted molar refractivity (Wildman–Crippen MR) is 143 cm³/mol. The molecule has 3 heteroatoms. The number of aliphatic hydroxyl groups excluding tert-OH is 1. The maximum atomic E-state index is 11.2. The second-order valence-corrected chi connectivity index (χ2v) is 14.9. The third kappa shape index (κ3) is 3.62. The van der Waals surface area contributed by atoms with E-state index < -0.39 is 0 Å². The fourth-order valence-corrected chi connectivity index (χ4v) is 9.09. The van der Waals surface area contributed by atoms with Gasteiger partial charge in [0.2, 0.25) is 0 Å². The molecule has 5 fully saturated rings. The Bertz CT molecular complexity index is 1050. The van der Waals surface area contributed by atoms with Crippen molar-refractivity contribution in [3.63, 3.8) is 0 Å². The zero-order valence-electron chi connectivity index (χ0n) is 22.9. The molecule has 0 radical (unpaired) electrons. The van der Waals surface area contributed by atoms with Crippen molar-refractivity contribution in [2.24, 2.45) is 28.6 Å². The maximum Gasteiger partial charge on any atom is 0.169 e. The SMILES string of the molecule is CC1(C)COC2(CCC3=C4C(c5ccc(C6(C)CC6)cc5)CC5(C)C(O)CCC5C4CCC3C2)OC1. The Hall–Kier alpha value is -1.16. The summed E-state index contributed by atoms with van der Waals surface area (Å²) in [4.78, 5) is 0. The van der Waals surface area contributed by atoms with Crippen molar-refractivity contribution in [2.45, 2.75) is 115 Å². The first kappa shape index (κ1) is 23.9. The van der Waals surface area contributed by atoms with Gasteiger partial charge in [-0.15, -0.1) is 0 Å². The van der Waals surface area contributed by atoms with Crippen molar-refractivity contribution < 1.29 is 14.6 Å². The quantitative estimate of drug-likeness (QED) is 0.443. The van der Waals surface area contributed by atoms with E-state index in [0.29, 0.717) is 29.1 Å². The lowest BCUT2D eigenvalue weighted by Gasteiger charge is -2.55. The van der Waals surface area contributed by atoms with Crippen LogP contribution in [-0.4, -0.2) is 30.2 Å². The molecule has 3 nitrogen and oxygen atoms in total. The van der Waals surface area contributed by atoms with Crippen LogP contribution in [0.4, 0.5) is 0 Å². The molecule has 5 aliphatic carbocycles. The summed E-state index contributed by atoms with van der Waals surface area (Å²) in [5.74, 6) is 1.95. The second-order valence-electron chi connectivity index (χ2n) is 14.9. The highest BCUT2D eigenvalue weighted by molar-refractivity contribution is 5.43. The van der Waals surface area contributed by atoms with Crippen molar-refractivity contribution in [1.29, 1.82) is 0 Å². The number of ether oxygens (including phenoxy) is 2. The van der Waals surface area contributed by atoms with Crippen LogP contribution in [0.2, 0.25) is 0 Å². The summed E-state index contributed by atoms with van der Waals surface area (Å²) in [6.45, 7) is 10.9. The molecule has 0 aromatic heterocycles. The van der Waals surface area contributed by atoms with Crippen molar-refractivity contribution >= 4 is 0 Å². The Morgan fingerprint density at radius 1 is 0.833 bits per heavy atom. The number of rotatable bonds is 2. The third-order valence-corrected chi connectivity index (χ3v) is 11.7. The largest absolute Gasteiger partial charge is 0.393 e. The lowest BCUT2D eigenvalue weighted by molar-refractivity contribution is -0.312. The first-order chi connectivity index (χ1) is 17.1. The van der Waals surface area contributed by atoms with Crippen LogP contribution in [0.3, 0.4) is 0 Å². The molecule has 6 aliphatic rings. The molecule has 0 amide bonds. The lowest BCUT2D eigenvalue weighted by atomic mass is 9.52. The first-order valence-corrected chi connectivity index (χ1v) is 14.9. The fourth-order valence-electron chi connectivity index (χ4n) is 9.09. The third-order valence-electron chi connectivity index (χ3n) is 11.7. The highest BCUT2D eigenvalue weighted by atomic mass is 16.7. The highest BCUT2D eigenvalue weighted by Crippen LogP contribution is 2.65. The minimum atomic E-state index is -0.360. The van der Waals surface area contributed by atoms with E-state index in [4.69, 9.17) is 9.47 Å². The van der Waals surface area contributed by atoms with Gasteiger partial charge in [0.1, 0.15) is 0 Å². The Morgan fingerprint density at radius 2 is 1.56 bits per heavy atom. The van der Waals surface area contributed by atoms with Gasteiger partial charge in [0.15, 0.2) is 5.79 Å². The average Bonchev–Trinajstić information content (AvgIpc) is 3.55. The summed E-state index contributed by atoms with van der Waals surface area (Å²) in [6, 6.07) is 9.73. The van der Waals surface area contributed by atoms with Gasteiger partial charge in [0.25, 0.3) is 0 Å². The average molecular weight is 491 g/mol. The molecule has 1 saturated heterocycles. The Morgan fingerprint density at radius 3 is 2.25 bits per heavy atom. The molecule has 1 aliphatic heterocycles. The molecule has 196 valence electrons. The van der Waals surface area contributed by atoms with Gasteiger partial charge in [-0.05, 0) is 91.1 Å². The molecule has 6 unspecified atom stereocenters. The van der Waals surface area contributed by atoms with Gasteiger partial charge in [-0.25, -0.2) is 0 Å². The topological polar surface area (TPSA) is 38.7 Å². The number of hydrogen-bond acceptors (Lipinski definition) is 3. The molecule has 1 N–H and O–H groups in total. The molecule has 6 atom stereocenters. The number of fused-ring (bicyclic) bond motifs is 4. The smallest absolute Gasteiger partial charge is 0.169 e. The summed E-state index contributed by atoms with van der Waals surface area (Å²) < 4.78 is 13.0. The summed E-state index contributed by atoms with van der Waals surface area (Å²) >= 11 is 0. The van der Waals surface area contributed by atoms with Gasteiger partial charge in [0.05, 0.1) is 19.3 Å². The molecule has 1 aromatic rings. The normalized spacial score (nSPS) is 42.0. The molecule has 1 aromatic carbocycles. The van der Waals surface area contributed by atoms with E-state index in [-0.39, 0.29) is 22.7 Å². The lowest BCUT2D eigenvalue weighted by Crippen LogP contribution is -2.52. The van der Waals surface area contributed by atoms with Crippen molar-refractivity contribution in [2.75, 3.05) is 13.2 Å². The van der Waals surface area contributed by atoms with E-state index in [9.17, 15) is 5.11 Å². The maximum absolute atomic E-state index is 11.2. The van der Waals surface area contributed by atoms with E-state index in [1.165, 1.54) is 43.2 Å². The molecular weight excluding hydrogens is 444 g/mol. The van der Waals surface area contributed by atoms with E-state index in [1.54, 1.807) is 11.1 Å². The van der Waals surface area contributed by atoms with E-state index in [1.807, 2.05) is 0 Å². The van der Waals surface area contributed by atoms with Crippen LogP contribution in [0.5, 0.6) is 0 Å². The van der Waals surface area contributed by atoms with Crippen LogP contribution < -0.4 is 0 Å². The van der Waals surface area contributed by atoms with Gasteiger partial charge in [-0.1, -0.05) is 63.1 Å². The number of hydrogen-bond donors (Lipinski definition) is 1. The van der Waals surface area contributed by atoms with E-state index >= 15 is 0 Å². The van der Waals surface area contributed by atoms with Crippen LogP contribution in [-0.2, 0) is 14.9 Å². The van der Waals surface area contributed by atoms with Gasteiger partial charge < -0.3 is 14.6 Å². The van der Waals surface area contributed by atoms with Gasteiger partial charge in [0, 0.05) is 24.2 Å². The fraction of sp³-hybridized carbons (Fsp3) is 0.758. The van der Waals surface area contributed by atoms with E-state index in [0.717, 1.165) is 45.3 Å². The van der Waals surface area contributed by atoms with Crippen LogP contribution >= 0.6 is 0 Å². The molecule has 7 rings (SSSR count). The number of benzene rings is 1. The molecular formula is C33H46O3. The van der Waals surface area contributed by atoms with Crippen LogP contribution in [0.1, 0.15) is 109 Å². The first-order valence-electron chi connectivity index (χ1n) is 14.9. The molecule has 1 heterocycles. The standard InChI is InChI=1S/C33H46O3/c1-30(2)19-35-33(36-20-30)14-13-24-22(17-33)7-10-25-27-11-12-28(34)32(27,4)18-26(29(24)25)21-5-8-23(9-6-21)31(3)15-16-31/h5-6,8-9,22,25-28,34H,7,10-20H2,1-4H3. The summed E-state index contributed by atoms with van der Waals surface area (Å²) in [6.07, 6.45) is 11.4. The van der Waals surface area contributed by atoms with Crippen LogP contribution in [0.25, 0.3) is 0 Å². The zero-order chi connectivity index (χ0) is 24.9. The van der Waals surface area contributed by atoms with Crippen LogP contribution in [0, 0.1) is 28.6 Å². The molecule has 4 saturated carbocycles. The Kier molecular flexibility index (Phi) is 5.27. The van der Waals surface area contributed by atoms with Gasteiger partial charge in [-0.3, -0.25) is 0 Å². The minimum Gasteiger partial charge on any atom is -0.393 e. The summed E-state index contributed by atoms with van der Waals surface area (Å²) in [7, 11) is 0. The monoisotopic (exact) mass is 490 g/mol. The van der Waals surface area contributed by atoms with Crippen molar-refractivity contribution in [1.82, 2.24) is 0 Å².